The van der Waals surface area contributed by atoms with Gasteiger partial charge in [-0.1, -0.05) is 6.92 Å². The van der Waals surface area contributed by atoms with Crippen LogP contribution in [0.4, 0.5) is 50.0 Å². The third-order valence-corrected chi connectivity index (χ3v) is 6.29. The minimum atomic E-state index is -5.15. The first-order valence-corrected chi connectivity index (χ1v) is 11.1. The number of benzene rings is 2. The van der Waals surface area contributed by atoms with Crippen LogP contribution in [0, 0.1) is 0 Å². The minimum Gasteiger partial charge on any atom is -0.465 e. The van der Waals surface area contributed by atoms with E-state index in [1.807, 2.05) is 0 Å². The zero-order valence-corrected chi connectivity index (χ0v) is 19.8. The summed E-state index contributed by atoms with van der Waals surface area (Å²) in [4.78, 5) is 26.3. The summed E-state index contributed by atoms with van der Waals surface area (Å²) in [5, 5.41) is 9.71. The number of amides is 2. The van der Waals surface area contributed by atoms with Gasteiger partial charge < -0.3 is 10.0 Å². The number of hydrogen-bond acceptors (Lipinski definition) is 2. The fourth-order valence-electron chi connectivity index (χ4n) is 4.56. The van der Waals surface area contributed by atoms with Crippen molar-refractivity contribution >= 4 is 17.7 Å². The summed E-state index contributed by atoms with van der Waals surface area (Å²) in [6, 6.07) is 0.903. The Hall–Kier alpha value is -3.45. The Morgan fingerprint density at radius 1 is 0.895 bits per heavy atom. The molecule has 0 saturated carbocycles. The maximum absolute atomic E-state index is 13.5. The minimum absolute atomic E-state index is 0.0784. The Morgan fingerprint density at radius 2 is 1.42 bits per heavy atom. The second kappa shape index (κ2) is 10.0. The molecule has 5 nitrogen and oxygen atoms in total. The standard InChI is InChI=1S/C24H21F9N2O3/c1-3-17-10-20(18-9-14(22(25,26)27)4-5-19(18)35(17)21(37)38)34(12(2)36)11-13-6-15(23(28,29)30)8-16(7-13)24(31,32)33/h4-9,17,20H,3,10-11H2,1-2H3,(H,37,38)/t17-,20+/m1/s1. The summed E-state index contributed by atoms with van der Waals surface area (Å²) in [7, 11) is 0. The average Bonchev–Trinajstić information content (AvgIpc) is 2.78. The molecular formula is C24H21F9N2O3. The summed E-state index contributed by atoms with van der Waals surface area (Å²) in [5.41, 5.74) is -5.35. The molecule has 0 radical (unpaired) electrons. The van der Waals surface area contributed by atoms with Gasteiger partial charge in [-0.05, 0) is 60.4 Å². The molecule has 1 N–H and O–H groups in total. The van der Waals surface area contributed by atoms with Crippen molar-refractivity contribution in [1.82, 2.24) is 4.90 Å². The van der Waals surface area contributed by atoms with Crippen LogP contribution in [0.2, 0.25) is 0 Å². The van der Waals surface area contributed by atoms with Gasteiger partial charge in [-0.15, -0.1) is 0 Å². The molecule has 1 heterocycles. The average molecular weight is 556 g/mol. The van der Waals surface area contributed by atoms with Crippen LogP contribution < -0.4 is 4.90 Å². The third kappa shape index (κ3) is 5.99. The largest absolute Gasteiger partial charge is 0.465 e. The van der Waals surface area contributed by atoms with Crippen LogP contribution in [0.3, 0.4) is 0 Å². The first kappa shape index (κ1) is 29.1. The maximum Gasteiger partial charge on any atom is 0.416 e. The van der Waals surface area contributed by atoms with Gasteiger partial charge in [0.15, 0.2) is 0 Å². The van der Waals surface area contributed by atoms with Crippen LogP contribution in [0.5, 0.6) is 0 Å². The van der Waals surface area contributed by atoms with E-state index in [9.17, 15) is 54.2 Å². The SMILES string of the molecule is CC[C@@H]1C[C@H](N(Cc2cc(C(F)(F)F)cc(C(F)(F)F)c2)C(C)=O)c2cc(C(F)(F)F)ccc2N1C(=O)O. The van der Waals surface area contributed by atoms with Crippen molar-refractivity contribution < 1.29 is 54.2 Å². The lowest BCUT2D eigenvalue weighted by atomic mass is 9.87. The van der Waals surface area contributed by atoms with Crippen molar-refractivity contribution in [2.45, 2.75) is 63.8 Å². The van der Waals surface area contributed by atoms with Gasteiger partial charge >= 0.3 is 24.6 Å². The van der Waals surface area contributed by atoms with E-state index in [0.717, 1.165) is 22.8 Å². The molecule has 1 aliphatic heterocycles. The number of alkyl halides is 9. The summed E-state index contributed by atoms with van der Waals surface area (Å²) in [6.45, 7) is 1.76. The topological polar surface area (TPSA) is 60.9 Å². The van der Waals surface area contributed by atoms with E-state index in [0.29, 0.717) is 24.3 Å². The van der Waals surface area contributed by atoms with Crippen LogP contribution in [0.1, 0.15) is 60.5 Å². The fourth-order valence-corrected chi connectivity index (χ4v) is 4.56. The summed E-state index contributed by atoms with van der Waals surface area (Å²) in [5.74, 6) is -0.844. The molecule has 0 unspecified atom stereocenters. The van der Waals surface area contributed by atoms with Crippen LogP contribution in [0.15, 0.2) is 36.4 Å². The van der Waals surface area contributed by atoms with Crippen molar-refractivity contribution in [3.8, 4) is 0 Å². The maximum atomic E-state index is 13.5. The highest BCUT2D eigenvalue weighted by atomic mass is 19.4. The van der Waals surface area contributed by atoms with Gasteiger partial charge in [0, 0.05) is 19.5 Å². The van der Waals surface area contributed by atoms with E-state index >= 15 is 0 Å². The lowest BCUT2D eigenvalue weighted by molar-refractivity contribution is -0.143. The number of halogens is 9. The summed E-state index contributed by atoms with van der Waals surface area (Å²) >= 11 is 0. The van der Waals surface area contributed by atoms with Gasteiger partial charge in [0.1, 0.15) is 0 Å². The number of nitrogens with zero attached hydrogens (tertiary/aromatic N) is 2. The molecule has 2 aromatic rings. The van der Waals surface area contributed by atoms with Crippen molar-refractivity contribution in [3.05, 3.63) is 64.2 Å². The number of rotatable bonds is 4. The fraction of sp³-hybridized carbons (Fsp3) is 0.417. The highest BCUT2D eigenvalue weighted by Crippen LogP contribution is 2.45. The first-order valence-electron chi connectivity index (χ1n) is 11.1. The third-order valence-electron chi connectivity index (χ3n) is 6.29. The molecule has 2 aromatic carbocycles. The molecule has 0 spiro atoms. The van der Waals surface area contributed by atoms with Gasteiger partial charge in [-0.2, -0.15) is 39.5 Å². The van der Waals surface area contributed by atoms with Gasteiger partial charge in [-0.25, -0.2) is 4.79 Å². The number of carbonyl (C=O) groups excluding carboxylic acids is 1. The second-order valence-electron chi connectivity index (χ2n) is 8.80. The molecule has 2 atom stereocenters. The van der Waals surface area contributed by atoms with Crippen molar-refractivity contribution in [2.24, 2.45) is 0 Å². The van der Waals surface area contributed by atoms with Gasteiger partial charge in [0.2, 0.25) is 5.91 Å². The molecule has 0 aliphatic carbocycles. The highest BCUT2D eigenvalue weighted by Gasteiger charge is 2.42. The number of anilines is 1. The Balaban J connectivity index is 2.19. The second-order valence-corrected chi connectivity index (χ2v) is 8.80. The van der Waals surface area contributed by atoms with Crippen LogP contribution in [-0.2, 0) is 29.9 Å². The van der Waals surface area contributed by atoms with Crippen molar-refractivity contribution in [3.63, 3.8) is 0 Å². The molecule has 0 saturated heterocycles. The van der Waals surface area contributed by atoms with Gasteiger partial charge in [0.05, 0.1) is 28.4 Å². The van der Waals surface area contributed by atoms with Gasteiger partial charge in [-0.3, -0.25) is 9.69 Å². The molecule has 14 heteroatoms. The molecule has 0 bridgehead atoms. The first-order chi connectivity index (χ1) is 17.3. The zero-order valence-electron chi connectivity index (χ0n) is 19.8. The molecule has 38 heavy (non-hydrogen) atoms. The smallest absolute Gasteiger partial charge is 0.416 e. The van der Waals surface area contributed by atoms with Crippen LogP contribution in [0.25, 0.3) is 0 Å². The molecule has 0 fully saturated rings. The summed E-state index contributed by atoms with van der Waals surface area (Å²) < 4.78 is 120. The van der Waals surface area contributed by atoms with Crippen LogP contribution >= 0.6 is 0 Å². The van der Waals surface area contributed by atoms with E-state index < -0.39 is 71.4 Å². The summed E-state index contributed by atoms with van der Waals surface area (Å²) in [6.07, 6.45) is -16.7. The van der Waals surface area contributed by atoms with E-state index in [1.165, 1.54) is 0 Å². The Morgan fingerprint density at radius 3 is 1.84 bits per heavy atom. The molecule has 3 rings (SSSR count). The highest BCUT2D eigenvalue weighted by molar-refractivity contribution is 5.89. The lowest BCUT2D eigenvalue weighted by Crippen LogP contribution is -2.47. The van der Waals surface area contributed by atoms with Crippen molar-refractivity contribution in [2.75, 3.05) is 4.90 Å². The number of fused-ring (bicyclic) bond motifs is 1. The number of hydrogen-bond donors (Lipinski definition) is 1. The van der Waals surface area contributed by atoms with E-state index in [1.54, 1.807) is 6.92 Å². The predicted octanol–water partition coefficient (Wildman–Crippen LogP) is 7.50. The van der Waals surface area contributed by atoms with E-state index in [-0.39, 0.29) is 30.2 Å². The van der Waals surface area contributed by atoms with Crippen LogP contribution in [-0.4, -0.2) is 28.0 Å². The Kier molecular flexibility index (Phi) is 7.68. The predicted molar refractivity (Wildman–Crippen MR) is 116 cm³/mol. The molecule has 208 valence electrons. The quantitative estimate of drug-likeness (QED) is 0.397. The van der Waals surface area contributed by atoms with Crippen molar-refractivity contribution in [1.29, 1.82) is 0 Å². The molecular weight excluding hydrogens is 535 g/mol. The molecule has 1 aliphatic rings. The Bertz CT molecular complexity index is 1190. The lowest BCUT2D eigenvalue weighted by Gasteiger charge is -2.43. The Labute approximate surface area is 210 Å². The van der Waals surface area contributed by atoms with E-state index in [2.05, 4.69) is 0 Å². The monoisotopic (exact) mass is 556 g/mol. The number of carboxylic acid groups (broad SMARTS) is 1. The molecule has 0 aromatic heterocycles. The molecule has 2 amide bonds. The van der Waals surface area contributed by atoms with E-state index in [4.69, 9.17) is 0 Å². The zero-order chi connectivity index (χ0) is 28.8. The number of carbonyl (C=O) groups is 2. The normalized spacial score (nSPS) is 18.2. The van der Waals surface area contributed by atoms with Gasteiger partial charge in [0.25, 0.3) is 0 Å².